The molecule has 0 amide bonds. The molecule has 0 radical (unpaired) electrons. The Hall–Kier alpha value is -2.22. The van der Waals surface area contributed by atoms with E-state index in [-0.39, 0.29) is 17.4 Å². The molecule has 0 spiro atoms. The Morgan fingerprint density at radius 3 is 2.41 bits per heavy atom. The van der Waals surface area contributed by atoms with Gasteiger partial charge in [-0.15, -0.1) is 0 Å². The van der Waals surface area contributed by atoms with Gasteiger partial charge < -0.3 is 0 Å². The summed E-state index contributed by atoms with van der Waals surface area (Å²) in [6.07, 6.45) is 1.70. The Morgan fingerprint density at radius 2 is 2.00 bits per heavy atom. The highest BCUT2D eigenvalue weighted by molar-refractivity contribution is 5.92. The summed E-state index contributed by atoms with van der Waals surface area (Å²) in [5.74, 6) is -0.848. The molecular weight excluding hydrogens is 220 g/mol. The van der Waals surface area contributed by atoms with Crippen molar-refractivity contribution in [3.05, 3.63) is 39.9 Å². The molecule has 0 aliphatic heterocycles. The topological polar surface area (TPSA) is 84.0 Å². The van der Waals surface area contributed by atoms with Gasteiger partial charge in [0, 0.05) is 18.1 Å². The number of hydrogen-bond acceptors (Lipinski definition) is 4. The number of hydrogen-bond donors (Lipinski definition) is 0. The van der Waals surface area contributed by atoms with Crippen molar-refractivity contribution >= 4 is 11.5 Å². The second kappa shape index (κ2) is 4.34. The van der Waals surface area contributed by atoms with Crippen LogP contribution in [-0.2, 0) is 4.79 Å². The summed E-state index contributed by atoms with van der Waals surface area (Å²) in [7, 11) is 0. The maximum Gasteiger partial charge on any atom is 0.269 e. The van der Waals surface area contributed by atoms with E-state index in [1.165, 1.54) is 24.3 Å². The lowest BCUT2D eigenvalue weighted by Gasteiger charge is -2.06. The highest BCUT2D eigenvalue weighted by Gasteiger charge is 2.35. The number of Topliss-reactive ketones (excluding diaryl/α,β-unsaturated/α-hetero) is 1. The van der Waals surface area contributed by atoms with Crippen molar-refractivity contribution in [2.24, 2.45) is 5.92 Å². The van der Waals surface area contributed by atoms with E-state index in [2.05, 4.69) is 0 Å². The SMILES string of the molecule is N#CC(C(=O)C1CC1)c1ccc([N+](=O)[O-])cc1. The predicted octanol–water partition coefficient (Wildman–Crippen LogP) is 2.18. The van der Waals surface area contributed by atoms with Crippen molar-refractivity contribution in [2.75, 3.05) is 0 Å². The minimum absolute atomic E-state index is 0.00911. The average molecular weight is 230 g/mol. The molecule has 5 heteroatoms. The van der Waals surface area contributed by atoms with Crippen molar-refractivity contribution in [2.45, 2.75) is 18.8 Å². The van der Waals surface area contributed by atoms with Gasteiger partial charge in [0.15, 0.2) is 5.78 Å². The largest absolute Gasteiger partial charge is 0.298 e. The maximum atomic E-state index is 11.8. The number of nitriles is 1. The molecule has 1 unspecified atom stereocenters. The van der Waals surface area contributed by atoms with E-state index in [1.54, 1.807) is 0 Å². The summed E-state index contributed by atoms with van der Waals surface area (Å²) in [5.41, 5.74) is 0.499. The number of rotatable bonds is 4. The van der Waals surface area contributed by atoms with Crippen LogP contribution >= 0.6 is 0 Å². The minimum atomic E-state index is -0.789. The van der Waals surface area contributed by atoms with Crippen molar-refractivity contribution in [1.82, 2.24) is 0 Å². The predicted molar refractivity (Wildman–Crippen MR) is 59.2 cm³/mol. The van der Waals surface area contributed by atoms with E-state index < -0.39 is 10.8 Å². The molecule has 1 aliphatic carbocycles. The van der Waals surface area contributed by atoms with Gasteiger partial charge >= 0.3 is 0 Å². The quantitative estimate of drug-likeness (QED) is 0.586. The van der Waals surface area contributed by atoms with Crippen LogP contribution < -0.4 is 0 Å². The lowest BCUT2D eigenvalue weighted by atomic mass is 9.93. The monoisotopic (exact) mass is 230 g/mol. The third-order valence-corrected chi connectivity index (χ3v) is 2.83. The lowest BCUT2D eigenvalue weighted by Crippen LogP contribution is -2.12. The number of ketones is 1. The maximum absolute atomic E-state index is 11.8. The van der Waals surface area contributed by atoms with Gasteiger partial charge in [-0.2, -0.15) is 5.26 Å². The molecule has 0 saturated heterocycles. The Labute approximate surface area is 97.8 Å². The highest BCUT2D eigenvalue weighted by atomic mass is 16.6. The van der Waals surface area contributed by atoms with Crippen LogP contribution in [0.3, 0.4) is 0 Å². The van der Waals surface area contributed by atoms with Gasteiger partial charge in [0.05, 0.1) is 11.0 Å². The van der Waals surface area contributed by atoms with Crippen molar-refractivity contribution in [3.8, 4) is 6.07 Å². The summed E-state index contributed by atoms with van der Waals surface area (Å²) >= 11 is 0. The molecule has 0 N–H and O–H groups in total. The fourth-order valence-corrected chi connectivity index (χ4v) is 1.69. The van der Waals surface area contributed by atoms with Crippen LogP contribution in [0.2, 0.25) is 0 Å². The summed E-state index contributed by atoms with van der Waals surface area (Å²) in [6, 6.07) is 7.56. The second-order valence-electron chi connectivity index (χ2n) is 4.09. The number of benzene rings is 1. The first-order valence-corrected chi connectivity index (χ1v) is 5.31. The average Bonchev–Trinajstić information content (AvgIpc) is 3.14. The Morgan fingerprint density at radius 1 is 1.41 bits per heavy atom. The molecule has 0 bridgehead atoms. The molecule has 2 rings (SSSR count). The molecule has 86 valence electrons. The smallest absolute Gasteiger partial charge is 0.269 e. The summed E-state index contributed by atoms with van der Waals surface area (Å²) in [5, 5.41) is 19.5. The summed E-state index contributed by atoms with van der Waals surface area (Å²) in [4.78, 5) is 21.8. The van der Waals surface area contributed by atoms with E-state index in [0.717, 1.165) is 12.8 Å². The second-order valence-corrected chi connectivity index (χ2v) is 4.09. The van der Waals surface area contributed by atoms with Crippen molar-refractivity contribution < 1.29 is 9.72 Å². The number of nitro groups is 1. The van der Waals surface area contributed by atoms with Gasteiger partial charge in [-0.05, 0) is 18.4 Å². The number of carbonyl (C=O) groups excluding carboxylic acids is 1. The van der Waals surface area contributed by atoms with Crippen LogP contribution in [0.25, 0.3) is 0 Å². The Balaban J connectivity index is 2.22. The molecule has 1 atom stereocenters. The van der Waals surface area contributed by atoms with E-state index in [4.69, 9.17) is 5.26 Å². The zero-order valence-electron chi connectivity index (χ0n) is 9.00. The van der Waals surface area contributed by atoms with Crippen LogP contribution in [0.4, 0.5) is 5.69 Å². The first-order chi connectivity index (χ1) is 8.13. The highest BCUT2D eigenvalue weighted by Crippen LogP contribution is 2.35. The van der Waals surface area contributed by atoms with Gasteiger partial charge in [-0.1, -0.05) is 12.1 Å². The fourth-order valence-electron chi connectivity index (χ4n) is 1.69. The molecule has 0 heterocycles. The number of nitrogens with zero attached hydrogens (tertiary/aromatic N) is 2. The first kappa shape index (κ1) is 11.3. The van der Waals surface area contributed by atoms with Crippen LogP contribution in [-0.4, -0.2) is 10.7 Å². The Bertz CT molecular complexity index is 497. The van der Waals surface area contributed by atoms with Crippen molar-refractivity contribution in [3.63, 3.8) is 0 Å². The standard InChI is InChI=1S/C12H10N2O3/c13-7-11(12(15)9-1-2-9)8-3-5-10(6-4-8)14(16)17/h3-6,9,11H,1-2H2. The van der Waals surface area contributed by atoms with Gasteiger partial charge in [0.2, 0.25) is 0 Å². The van der Waals surface area contributed by atoms with E-state index >= 15 is 0 Å². The molecular formula is C12H10N2O3. The zero-order chi connectivity index (χ0) is 12.4. The van der Waals surface area contributed by atoms with Gasteiger partial charge in [-0.25, -0.2) is 0 Å². The third-order valence-electron chi connectivity index (χ3n) is 2.83. The van der Waals surface area contributed by atoms with Crippen LogP contribution in [0, 0.1) is 27.4 Å². The first-order valence-electron chi connectivity index (χ1n) is 5.31. The number of nitro benzene ring substituents is 1. The van der Waals surface area contributed by atoms with Gasteiger partial charge in [0.1, 0.15) is 5.92 Å². The van der Waals surface area contributed by atoms with Crippen LogP contribution in [0.15, 0.2) is 24.3 Å². The third kappa shape index (κ3) is 2.31. The molecule has 1 aliphatic rings. The zero-order valence-corrected chi connectivity index (χ0v) is 9.00. The lowest BCUT2D eigenvalue weighted by molar-refractivity contribution is -0.384. The minimum Gasteiger partial charge on any atom is -0.298 e. The number of non-ortho nitro benzene ring substituents is 1. The van der Waals surface area contributed by atoms with Crippen molar-refractivity contribution in [1.29, 1.82) is 5.26 Å². The number of carbonyl (C=O) groups is 1. The fraction of sp³-hybridized carbons (Fsp3) is 0.333. The molecule has 1 aromatic rings. The molecule has 5 nitrogen and oxygen atoms in total. The van der Waals surface area contributed by atoms with E-state index in [1.807, 2.05) is 6.07 Å². The van der Waals surface area contributed by atoms with Crippen LogP contribution in [0.1, 0.15) is 24.3 Å². The molecule has 1 aromatic carbocycles. The summed E-state index contributed by atoms with van der Waals surface area (Å²) in [6.45, 7) is 0. The van der Waals surface area contributed by atoms with E-state index in [9.17, 15) is 14.9 Å². The molecule has 1 fully saturated rings. The molecule has 1 saturated carbocycles. The van der Waals surface area contributed by atoms with Gasteiger partial charge in [-0.3, -0.25) is 14.9 Å². The van der Waals surface area contributed by atoms with Crippen LogP contribution in [0.5, 0.6) is 0 Å². The normalized spacial score (nSPS) is 15.9. The van der Waals surface area contributed by atoms with Gasteiger partial charge in [0.25, 0.3) is 5.69 Å². The molecule has 17 heavy (non-hydrogen) atoms. The molecule has 0 aromatic heterocycles. The Kier molecular flexibility index (Phi) is 2.88. The van der Waals surface area contributed by atoms with E-state index in [0.29, 0.717) is 5.56 Å². The summed E-state index contributed by atoms with van der Waals surface area (Å²) < 4.78 is 0.